The lowest BCUT2D eigenvalue weighted by atomic mass is 10.0. The van der Waals surface area contributed by atoms with Crippen molar-refractivity contribution in [2.75, 3.05) is 0 Å². The van der Waals surface area contributed by atoms with E-state index in [0.717, 1.165) is 71.8 Å². The molecular formula is C45H25N5O. The van der Waals surface area contributed by atoms with E-state index in [4.69, 9.17) is 14.4 Å². The fraction of sp³-hybridized carbons (Fsp3) is 0. The van der Waals surface area contributed by atoms with Crippen LogP contribution < -0.4 is 0 Å². The molecule has 236 valence electrons. The van der Waals surface area contributed by atoms with Crippen molar-refractivity contribution in [3.63, 3.8) is 0 Å². The number of oxazole rings is 1. The molecule has 6 nitrogen and oxygen atoms in total. The first-order chi connectivity index (χ1) is 25.3. The summed E-state index contributed by atoms with van der Waals surface area (Å²) < 4.78 is 10.8. The highest BCUT2D eigenvalue weighted by atomic mass is 16.3. The van der Waals surface area contributed by atoms with E-state index in [1.807, 2.05) is 6.07 Å². The van der Waals surface area contributed by atoms with E-state index in [1.54, 1.807) is 6.39 Å². The highest BCUT2D eigenvalue weighted by Crippen LogP contribution is 2.44. The SMILES string of the molecule is c1ccc(-n2c3ccccc3c3cc(-c4nc(-c5ccc6c(c5)c5c7ocnc7cc7c8ccccc8n6c75)c5ccccc5n4)ccc32)cc1. The maximum absolute atomic E-state index is 6.07. The number of rotatable bonds is 3. The lowest BCUT2D eigenvalue weighted by Gasteiger charge is -2.11. The third kappa shape index (κ3) is 3.57. The van der Waals surface area contributed by atoms with Gasteiger partial charge in [-0.2, -0.15) is 0 Å². The van der Waals surface area contributed by atoms with Gasteiger partial charge < -0.3 is 13.4 Å². The smallest absolute Gasteiger partial charge is 0.182 e. The maximum Gasteiger partial charge on any atom is 0.182 e. The molecule has 0 saturated carbocycles. The summed E-state index contributed by atoms with van der Waals surface area (Å²) in [7, 11) is 0. The van der Waals surface area contributed by atoms with Gasteiger partial charge in [0.15, 0.2) is 17.8 Å². The minimum atomic E-state index is 0.694. The second-order valence-corrected chi connectivity index (χ2v) is 13.3. The summed E-state index contributed by atoms with van der Waals surface area (Å²) in [5.41, 5.74) is 12.4. The van der Waals surface area contributed by atoms with Gasteiger partial charge in [-0.05, 0) is 66.7 Å². The summed E-state index contributed by atoms with van der Waals surface area (Å²) in [6, 6.07) is 51.4. The molecule has 5 heterocycles. The summed E-state index contributed by atoms with van der Waals surface area (Å²) >= 11 is 0. The molecule has 0 bridgehead atoms. The Hall–Kier alpha value is -7.05. The van der Waals surface area contributed by atoms with Crippen molar-refractivity contribution >= 4 is 81.9 Å². The first-order valence-corrected chi connectivity index (χ1v) is 17.1. The Kier molecular flexibility index (Phi) is 5.14. The van der Waals surface area contributed by atoms with Crippen molar-refractivity contribution in [1.29, 1.82) is 0 Å². The standard InChI is InChI=1S/C45H25N5O/c1-2-10-28(11-3-1)49-37-16-8-5-12-29(37)32-23-27(19-21-39(32)49)45-47-35-15-7-4-14-31(35)42(48-45)26-18-20-40-34(22-26)41-43-33(24-36-44(41)51-25-46-36)30-13-6-9-17-38(30)50(40)43/h1-25H. The van der Waals surface area contributed by atoms with Crippen molar-refractivity contribution in [2.24, 2.45) is 0 Å². The number of para-hydroxylation sites is 4. The molecule has 5 aromatic heterocycles. The first kappa shape index (κ1) is 26.9. The van der Waals surface area contributed by atoms with Gasteiger partial charge in [-0.15, -0.1) is 0 Å². The van der Waals surface area contributed by atoms with Gasteiger partial charge in [0, 0.05) is 49.1 Å². The van der Waals surface area contributed by atoms with Gasteiger partial charge in [0.2, 0.25) is 0 Å². The lowest BCUT2D eigenvalue weighted by molar-refractivity contribution is 0.605. The van der Waals surface area contributed by atoms with Crippen LogP contribution in [0.25, 0.3) is 110 Å². The molecule has 6 heteroatoms. The van der Waals surface area contributed by atoms with Crippen LogP contribution in [-0.4, -0.2) is 23.9 Å². The maximum atomic E-state index is 6.07. The molecule has 12 aromatic rings. The van der Waals surface area contributed by atoms with E-state index in [1.165, 1.54) is 32.6 Å². The third-order valence-corrected chi connectivity index (χ3v) is 10.6. The minimum absolute atomic E-state index is 0.694. The van der Waals surface area contributed by atoms with Gasteiger partial charge in [-0.25, -0.2) is 15.0 Å². The minimum Gasteiger partial charge on any atom is -0.443 e. The van der Waals surface area contributed by atoms with Crippen LogP contribution in [0.5, 0.6) is 0 Å². The van der Waals surface area contributed by atoms with E-state index in [9.17, 15) is 0 Å². The molecule has 0 spiro atoms. The van der Waals surface area contributed by atoms with Crippen LogP contribution in [0.3, 0.4) is 0 Å². The predicted octanol–water partition coefficient (Wildman–Crippen LogP) is 11.4. The zero-order valence-corrected chi connectivity index (χ0v) is 27.1. The summed E-state index contributed by atoms with van der Waals surface area (Å²) in [6.45, 7) is 0. The van der Waals surface area contributed by atoms with Crippen LogP contribution in [0.2, 0.25) is 0 Å². The molecule has 51 heavy (non-hydrogen) atoms. The van der Waals surface area contributed by atoms with E-state index in [-0.39, 0.29) is 0 Å². The third-order valence-electron chi connectivity index (χ3n) is 10.6. The van der Waals surface area contributed by atoms with Gasteiger partial charge in [0.05, 0.1) is 44.2 Å². The van der Waals surface area contributed by atoms with Crippen LogP contribution in [0, 0.1) is 0 Å². The lowest BCUT2D eigenvalue weighted by Crippen LogP contribution is -1.96. The number of hydrogen-bond acceptors (Lipinski definition) is 4. The van der Waals surface area contributed by atoms with Crippen molar-refractivity contribution in [1.82, 2.24) is 23.9 Å². The van der Waals surface area contributed by atoms with Gasteiger partial charge in [-0.1, -0.05) is 78.9 Å². The summed E-state index contributed by atoms with van der Waals surface area (Å²) in [5, 5.41) is 7.95. The van der Waals surface area contributed by atoms with Crippen LogP contribution in [0.1, 0.15) is 0 Å². The average Bonchev–Trinajstić information content (AvgIpc) is 3.96. The van der Waals surface area contributed by atoms with Gasteiger partial charge >= 0.3 is 0 Å². The van der Waals surface area contributed by atoms with Crippen molar-refractivity contribution in [2.45, 2.75) is 0 Å². The molecule has 0 amide bonds. The fourth-order valence-electron chi connectivity index (χ4n) is 8.42. The molecule has 0 unspecified atom stereocenters. The summed E-state index contributed by atoms with van der Waals surface area (Å²) in [4.78, 5) is 15.1. The largest absolute Gasteiger partial charge is 0.443 e. The van der Waals surface area contributed by atoms with E-state index >= 15 is 0 Å². The van der Waals surface area contributed by atoms with Gasteiger partial charge in [0.1, 0.15) is 5.52 Å². The summed E-state index contributed by atoms with van der Waals surface area (Å²) in [6.07, 6.45) is 1.55. The van der Waals surface area contributed by atoms with Crippen molar-refractivity contribution in [3.05, 3.63) is 152 Å². The molecule has 0 atom stereocenters. The monoisotopic (exact) mass is 651 g/mol. The molecule has 0 saturated heterocycles. The van der Waals surface area contributed by atoms with Gasteiger partial charge in [0.25, 0.3) is 0 Å². The zero-order chi connectivity index (χ0) is 33.2. The highest BCUT2D eigenvalue weighted by Gasteiger charge is 2.23. The number of fused-ring (bicyclic) bond motifs is 12. The molecule has 0 fully saturated rings. The molecule has 0 aliphatic heterocycles. The van der Waals surface area contributed by atoms with E-state index in [2.05, 4.69) is 153 Å². The Morgan fingerprint density at radius 3 is 2.02 bits per heavy atom. The Balaban J connectivity index is 1.11. The van der Waals surface area contributed by atoms with E-state index < -0.39 is 0 Å². The Labute approximate surface area is 289 Å². The number of hydrogen-bond donors (Lipinski definition) is 0. The predicted molar refractivity (Wildman–Crippen MR) is 207 cm³/mol. The second-order valence-electron chi connectivity index (χ2n) is 13.3. The molecule has 0 radical (unpaired) electrons. The Morgan fingerprint density at radius 1 is 0.471 bits per heavy atom. The highest BCUT2D eigenvalue weighted by molar-refractivity contribution is 6.30. The summed E-state index contributed by atoms with van der Waals surface area (Å²) in [5.74, 6) is 0.694. The molecule has 0 aliphatic carbocycles. The number of benzene rings is 7. The normalized spacial score (nSPS) is 12.3. The Bertz CT molecular complexity index is 3370. The van der Waals surface area contributed by atoms with Crippen LogP contribution in [-0.2, 0) is 0 Å². The first-order valence-electron chi connectivity index (χ1n) is 17.1. The van der Waals surface area contributed by atoms with E-state index in [0.29, 0.717) is 5.82 Å². The molecule has 0 N–H and O–H groups in total. The van der Waals surface area contributed by atoms with Crippen molar-refractivity contribution in [3.8, 4) is 28.3 Å². The average molecular weight is 652 g/mol. The zero-order valence-electron chi connectivity index (χ0n) is 27.1. The number of aromatic nitrogens is 5. The van der Waals surface area contributed by atoms with Gasteiger partial charge in [-0.3, -0.25) is 0 Å². The van der Waals surface area contributed by atoms with Crippen LogP contribution in [0.4, 0.5) is 0 Å². The molecule has 0 aliphatic rings. The topological polar surface area (TPSA) is 61.2 Å². The van der Waals surface area contributed by atoms with Crippen LogP contribution >= 0.6 is 0 Å². The quantitative estimate of drug-likeness (QED) is 0.191. The number of nitrogens with zero attached hydrogens (tertiary/aromatic N) is 5. The Morgan fingerprint density at radius 2 is 1.14 bits per heavy atom. The van der Waals surface area contributed by atoms with Crippen LogP contribution in [0.15, 0.2) is 156 Å². The fourth-order valence-corrected chi connectivity index (χ4v) is 8.42. The molecular weight excluding hydrogens is 627 g/mol. The van der Waals surface area contributed by atoms with Crippen molar-refractivity contribution < 1.29 is 4.42 Å². The molecule has 7 aromatic carbocycles. The second kappa shape index (κ2) is 9.77. The molecule has 12 rings (SSSR count).